The molecule has 2 rings (SSSR count). The normalized spacial score (nSPS) is 17.9. The fourth-order valence-electron chi connectivity index (χ4n) is 2.13. The van der Waals surface area contributed by atoms with Crippen molar-refractivity contribution in [1.82, 2.24) is 4.90 Å². The van der Waals surface area contributed by atoms with Crippen LogP contribution in [0.25, 0.3) is 0 Å². The molecule has 4 heteroatoms. The number of ether oxygens (including phenoxy) is 1. The summed E-state index contributed by atoms with van der Waals surface area (Å²) in [5, 5.41) is 0.753. The average Bonchev–Trinajstić information content (AvgIpc) is 2.90. The lowest BCUT2D eigenvalue weighted by molar-refractivity contribution is 0.0632. The van der Waals surface area contributed by atoms with E-state index in [9.17, 15) is 0 Å². The molecule has 0 bridgehead atoms. The smallest absolute Gasteiger partial charge is 0.161 e. The minimum absolute atomic E-state index is 0.193. The van der Waals surface area contributed by atoms with Gasteiger partial charge in [-0.05, 0) is 42.9 Å². The maximum Gasteiger partial charge on any atom is 0.161 e. The van der Waals surface area contributed by atoms with Gasteiger partial charge in [0.15, 0.2) is 6.23 Å². The summed E-state index contributed by atoms with van der Waals surface area (Å²) in [7, 11) is 0. The molecular weight excluding hydrogens is 266 g/mol. The van der Waals surface area contributed by atoms with E-state index in [1.165, 1.54) is 12.8 Å². The molecule has 1 aromatic carbocycles. The Morgan fingerprint density at radius 3 is 2.56 bits per heavy atom. The molecule has 1 aromatic rings. The van der Waals surface area contributed by atoms with Crippen LogP contribution in [-0.4, -0.2) is 35.7 Å². The second-order valence-corrected chi connectivity index (χ2v) is 6.18. The van der Waals surface area contributed by atoms with Crippen molar-refractivity contribution in [1.29, 1.82) is 0 Å². The van der Waals surface area contributed by atoms with Crippen molar-refractivity contribution < 1.29 is 4.74 Å². The molecule has 2 nitrogen and oxygen atoms in total. The second kappa shape index (κ2) is 7.27. The molecular formula is C14H20ClNOS. The van der Waals surface area contributed by atoms with Gasteiger partial charge in [-0.3, -0.25) is 4.90 Å². The first kappa shape index (κ1) is 14.0. The van der Waals surface area contributed by atoms with Gasteiger partial charge in [0.1, 0.15) is 5.75 Å². The van der Waals surface area contributed by atoms with Crippen molar-refractivity contribution in [2.45, 2.75) is 26.0 Å². The van der Waals surface area contributed by atoms with Gasteiger partial charge < -0.3 is 4.74 Å². The van der Waals surface area contributed by atoms with Crippen molar-refractivity contribution in [2.75, 3.05) is 24.6 Å². The number of benzene rings is 1. The van der Waals surface area contributed by atoms with Crippen molar-refractivity contribution in [3.8, 4) is 5.75 Å². The number of thioether (sulfide) groups is 1. The van der Waals surface area contributed by atoms with Crippen LogP contribution < -0.4 is 4.74 Å². The molecule has 18 heavy (non-hydrogen) atoms. The van der Waals surface area contributed by atoms with Gasteiger partial charge in [0, 0.05) is 23.9 Å². The van der Waals surface area contributed by atoms with Gasteiger partial charge in [-0.1, -0.05) is 18.5 Å². The van der Waals surface area contributed by atoms with Crippen molar-refractivity contribution >= 4 is 23.4 Å². The molecule has 0 N–H and O–H groups in total. The molecule has 0 radical (unpaired) electrons. The van der Waals surface area contributed by atoms with Crippen LogP contribution in [0, 0.1) is 0 Å². The molecule has 1 aliphatic heterocycles. The van der Waals surface area contributed by atoms with Gasteiger partial charge in [0.2, 0.25) is 0 Å². The lowest BCUT2D eigenvalue weighted by atomic mass is 10.3. The van der Waals surface area contributed by atoms with Crippen LogP contribution in [0.5, 0.6) is 5.75 Å². The number of nitrogens with zero attached hydrogens (tertiary/aromatic N) is 1. The summed E-state index contributed by atoms with van der Waals surface area (Å²) in [6.45, 7) is 4.50. The Kier molecular flexibility index (Phi) is 5.67. The Balaban J connectivity index is 1.97. The maximum atomic E-state index is 6.10. The predicted molar refractivity (Wildman–Crippen MR) is 79.7 cm³/mol. The Labute approximate surface area is 119 Å². The van der Waals surface area contributed by atoms with Crippen LogP contribution in [-0.2, 0) is 0 Å². The van der Waals surface area contributed by atoms with Gasteiger partial charge in [-0.25, -0.2) is 0 Å². The Bertz CT molecular complexity index is 351. The summed E-state index contributed by atoms with van der Waals surface area (Å²) in [6.07, 6.45) is 2.77. The minimum atomic E-state index is 0.193. The Morgan fingerprint density at radius 1 is 1.28 bits per heavy atom. The summed E-state index contributed by atoms with van der Waals surface area (Å²) in [5.74, 6) is 3.07. The monoisotopic (exact) mass is 285 g/mol. The third-order valence-corrected chi connectivity index (χ3v) is 4.28. The zero-order chi connectivity index (χ0) is 12.8. The van der Waals surface area contributed by atoms with E-state index in [-0.39, 0.29) is 6.23 Å². The highest BCUT2D eigenvalue weighted by Crippen LogP contribution is 2.21. The lowest BCUT2D eigenvalue weighted by Crippen LogP contribution is -2.39. The Hall–Kier alpha value is -0.380. The number of likely N-dealkylation sites (tertiary alicyclic amines) is 1. The van der Waals surface area contributed by atoms with Crippen molar-refractivity contribution in [3.05, 3.63) is 29.3 Å². The number of halogens is 1. The minimum Gasteiger partial charge on any atom is -0.474 e. The van der Waals surface area contributed by atoms with Gasteiger partial charge in [-0.15, -0.1) is 0 Å². The molecule has 0 spiro atoms. The molecule has 0 unspecified atom stereocenters. The molecule has 1 aliphatic rings. The van der Waals surface area contributed by atoms with Crippen LogP contribution >= 0.6 is 23.4 Å². The molecule has 0 aromatic heterocycles. The summed E-state index contributed by atoms with van der Waals surface area (Å²) in [4.78, 5) is 2.44. The van der Waals surface area contributed by atoms with Crippen molar-refractivity contribution in [3.63, 3.8) is 0 Å². The SMILES string of the molecule is CCSC[C@@H](Oc1ccc(Cl)cc1)N1CCCC1. The molecule has 1 fully saturated rings. The average molecular weight is 286 g/mol. The highest BCUT2D eigenvalue weighted by Gasteiger charge is 2.23. The number of hydrogen-bond acceptors (Lipinski definition) is 3. The van der Waals surface area contributed by atoms with Crippen LogP contribution in [0.2, 0.25) is 5.02 Å². The second-order valence-electron chi connectivity index (χ2n) is 4.43. The molecule has 1 heterocycles. The van der Waals surface area contributed by atoms with Crippen LogP contribution in [0.15, 0.2) is 24.3 Å². The van der Waals surface area contributed by atoms with E-state index in [1.807, 2.05) is 36.0 Å². The standard InChI is InChI=1S/C14H20ClNOS/c1-2-18-11-14(16-9-3-4-10-16)17-13-7-5-12(15)6-8-13/h5-8,14H,2-4,9-11H2,1H3/t14-/m1/s1. The summed E-state index contributed by atoms with van der Waals surface area (Å²) < 4.78 is 6.10. The molecule has 1 atom stereocenters. The van der Waals surface area contributed by atoms with Gasteiger partial charge in [0.25, 0.3) is 0 Å². The maximum absolute atomic E-state index is 6.10. The molecule has 0 aliphatic carbocycles. The summed E-state index contributed by atoms with van der Waals surface area (Å²) in [5.41, 5.74) is 0. The van der Waals surface area contributed by atoms with Crippen molar-refractivity contribution in [2.24, 2.45) is 0 Å². The highest BCUT2D eigenvalue weighted by molar-refractivity contribution is 7.99. The largest absolute Gasteiger partial charge is 0.474 e. The molecule has 0 amide bonds. The van der Waals surface area contributed by atoms with Crippen LogP contribution in [0.3, 0.4) is 0 Å². The van der Waals surface area contributed by atoms with E-state index >= 15 is 0 Å². The van der Waals surface area contributed by atoms with Crippen LogP contribution in [0.4, 0.5) is 0 Å². The van der Waals surface area contributed by atoms with E-state index in [1.54, 1.807) is 0 Å². The number of hydrogen-bond donors (Lipinski definition) is 0. The third-order valence-electron chi connectivity index (χ3n) is 3.10. The highest BCUT2D eigenvalue weighted by atomic mass is 35.5. The number of rotatable bonds is 6. The zero-order valence-corrected chi connectivity index (χ0v) is 12.3. The van der Waals surface area contributed by atoms with E-state index in [2.05, 4.69) is 11.8 Å². The topological polar surface area (TPSA) is 12.5 Å². The van der Waals surface area contributed by atoms with Gasteiger partial charge in [-0.2, -0.15) is 11.8 Å². The van der Waals surface area contributed by atoms with Gasteiger partial charge >= 0.3 is 0 Å². The summed E-state index contributed by atoms with van der Waals surface area (Å²) in [6, 6.07) is 7.65. The van der Waals surface area contributed by atoms with E-state index in [0.717, 1.165) is 35.4 Å². The van der Waals surface area contributed by atoms with E-state index in [0.29, 0.717) is 0 Å². The van der Waals surface area contributed by atoms with Crippen LogP contribution in [0.1, 0.15) is 19.8 Å². The quantitative estimate of drug-likeness (QED) is 0.787. The van der Waals surface area contributed by atoms with Gasteiger partial charge in [0.05, 0.1) is 0 Å². The van der Waals surface area contributed by atoms with E-state index in [4.69, 9.17) is 16.3 Å². The zero-order valence-electron chi connectivity index (χ0n) is 10.8. The fourth-order valence-corrected chi connectivity index (χ4v) is 2.97. The molecule has 1 saturated heterocycles. The predicted octanol–water partition coefficient (Wildman–Crippen LogP) is 3.89. The first-order chi connectivity index (χ1) is 8.79. The molecule has 0 saturated carbocycles. The Morgan fingerprint density at radius 2 is 1.94 bits per heavy atom. The summed E-state index contributed by atoms with van der Waals surface area (Å²) >= 11 is 7.82. The molecule has 100 valence electrons. The fraction of sp³-hybridized carbons (Fsp3) is 0.571. The third kappa shape index (κ3) is 4.08. The first-order valence-electron chi connectivity index (χ1n) is 6.53. The first-order valence-corrected chi connectivity index (χ1v) is 8.07. The van der Waals surface area contributed by atoms with E-state index < -0.39 is 0 Å². The lowest BCUT2D eigenvalue weighted by Gasteiger charge is -2.27.